The molecule has 4 nitrogen and oxygen atoms in total. The second-order valence-corrected chi connectivity index (χ2v) is 7.28. The molecular weight excluding hydrogens is 414 g/mol. The average molecular weight is 433 g/mol. The van der Waals surface area contributed by atoms with Crippen LogP contribution in [-0.2, 0) is 11.3 Å². The van der Waals surface area contributed by atoms with Crippen LogP contribution in [0.1, 0.15) is 23.6 Å². The molecule has 8 heteroatoms. The fraction of sp³-hybridized carbons (Fsp3) is 0.261. The van der Waals surface area contributed by atoms with Crippen molar-refractivity contribution in [2.75, 3.05) is 7.11 Å². The van der Waals surface area contributed by atoms with Gasteiger partial charge in [-0.1, -0.05) is 42.5 Å². The molecule has 1 saturated heterocycles. The van der Waals surface area contributed by atoms with Crippen molar-refractivity contribution < 1.29 is 31.8 Å². The van der Waals surface area contributed by atoms with Gasteiger partial charge in [0, 0.05) is 18.5 Å². The van der Waals surface area contributed by atoms with Crippen molar-refractivity contribution in [2.45, 2.75) is 31.5 Å². The Balaban J connectivity index is 1.68. The van der Waals surface area contributed by atoms with Gasteiger partial charge in [0.05, 0.1) is 13.2 Å². The van der Waals surface area contributed by atoms with Gasteiger partial charge in [-0.15, -0.1) is 13.2 Å². The molecule has 1 amide bonds. The molecule has 0 radical (unpaired) electrons. The maximum atomic E-state index is 14.5. The van der Waals surface area contributed by atoms with Crippen LogP contribution in [0.5, 0.6) is 11.5 Å². The summed E-state index contributed by atoms with van der Waals surface area (Å²) in [5, 5.41) is 1.79. The van der Waals surface area contributed by atoms with Gasteiger partial charge in [0.2, 0.25) is 0 Å². The number of carbonyl (C=O) groups is 1. The Bertz CT molecular complexity index is 1100. The number of rotatable bonds is 5. The zero-order valence-electron chi connectivity index (χ0n) is 16.5. The SMILES string of the molecule is COc1ccc2ccccc2c1C1CC(F)C(=O)N1Cc1ccc(OC(F)(F)F)cc1. The number of ether oxygens (including phenoxy) is 2. The van der Waals surface area contributed by atoms with Gasteiger partial charge in [-0.05, 0) is 34.5 Å². The molecule has 4 rings (SSSR count). The summed E-state index contributed by atoms with van der Waals surface area (Å²) in [6.45, 7) is 0.0442. The van der Waals surface area contributed by atoms with E-state index in [1.165, 1.54) is 36.3 Å². The molecule has 2 unspecified atom stereocenters. The summed E-state index contributed by atoms with van der Waals surface area (Å²) < 4.78 is 61.0. The predicted molar refractivity (Wildman–Crippen MR) is 106 cm³/mol. The lowest BCUT2D eigenvalue weighted by Crippen LogP contribution is -2.29. The maximum Gasteiger partial charge on any atom is 0.573 e. The van der Waals surface area contributed by atoms with E-state index < -0.39 is 24.5 Å². The van der Waals surface area contributed by atoms with Crippen molar-refractivity contribution in [1.82, 2.24) is 4.90 Å². The molecule has 162 valence electrons. The number of nitrogens with zero attached hydrogens (tertiary/aromatic N) is 1. The Morgan fingerprint density at radius 3 is 2.42 bits per heavy atom. The fourth-order valence-electron chi connectivity index (χ4n) is 4.01. The third-order valence-corrected chi connectivity index (χ3v) is 5.35. The topological polar surface area (TPSA) is 38.8 Å². The Labute approximate surface area is 176 Å². The summed E-state index contributed by atoms with van der Waals surface area (Å²) >= 11 is 0. The van der Waals surface area contributed by atoms with Crippen LogP contribution in [0.25, 0.3) is 10.8 Å². The maximum absolute atomic E-state index is 14.5. The van der Waals surface area contributed by atoms with Crippen LogP contribution in [0.2, 0.25) is 0 Å². The van der Waals surface area contributed by atoms with Crippen molar-refractivity contribution in [3.05, 3.63) is 71.8 Å². The number of hydrogen-bond acceptors (Lipinski definition) is 3. The third kappa shape index (κ3) is 4.28. The van der Waals surface area contributed by atoms with Gasteiger partial charge in [-0.25, -0.2) is 4.39 Å². The largest absolute Gasteiger partial charge is 0.573 e. The number of alkyl halides is 4. The normalized spacial score (nSPS) is 19.1. The third-order valence-electron chi connectivity index (χ3n) is 5.35. The molecule has 3 aromatic carbocycles. The lowest BCUT2D eigenvalue weighted by Gasteiger charge is -2.27. The van der Waals surface area contributed by atoms with Gasteiger partial charge in [-0.3, -0.25) is 4.79 Å². The van der Waals surface area contributed by atoms with E-state index in [4.69, 9.17) is 4.74 Å². The van der Waals surface area contributed by atoms with Crippen LogP contribution in [0, 0.1) is 0 Å². The van der Waals surface area contributed by atoms with E-state index in [1.54, 1.807) is 6.07 Å². The Kier molecular flexibility index (Phi) is 5.47. The zero-order valence-corrected chi connectivity index (χ0v) is 16.5. The molecule has 31 heavy (non-hydrogen) atoms. The Morgan fingerprint density at radius 2 is 1.74 bits per heavy atom. The number of likely N-dealkylation sites (tertiary alicyclic amines) is 1. The molecule has 0 spiro atoms. The van der Waals surface area contributed by atoms with Crippen LogP contribution < -0.4 is 9.47 Å². The molecular formula is C23H19F4NO3. The molecule has 2 atom stereocenters. The Hall–Kier alpha value is -3.29. The van der Waals surface area contributed by atoms with Gasteiger partial charge in [0.25, 0.3) is 5.91 Å². The molecule has 1 aliphatic heterocycles. The highest BCUT2D eigenvalue weighted by atomic mass is 19.4. The van der Waals surface area contributed by atoms with Gasteiger partial charge >= 0.3 is 6.36 Å². The van der Waals surface area contributed by atoms with Crippen LogP contribution in [0.15, 0.2) is 60.7 Å². The van der Waals surface area contributed by atoms with E-state index in [0.717, 1.165) is 10.8 Å². The van der Waals surface area contributed by atoms with Crippen LogP contribution in [-0.4, -0.2) is 30.5 Å². The lowest BCUT2D eigenvalue weighted by molar-refractivity contribution is -0.274. The smallest absolute Gasteiger partial charge is 0.496 e. The van der Waals surface area contributed by atoms with Crippen molar-refractivity contribution >= 4 is 16.7 Å². The lowest BCUT2D eigenvalue weighted by atomic mass is 9.95. The summed E-state index contributed by atoms with van der Waals surface area (Å²) in [7, 11) is 1.51. The fourth-order valence-corrected chi connectivity index (χ4v) is 4.01. The van der Waals surface area contributed by atoms with Crippen LogP contribution in [0.3, 0.4) is 0 Å². The molecule has 1 heterocycles. The van der Waals surface area contributed by atoms with E-state index in [-0.39, 0.29) is 18.7 Å². The number of amides is 1. The minimum atomic E-state index is -4.79. The molecule has 0 bridgehead atoms. The van der Waals surface area contributed by atoms with Crippen LogP contribution in [0.4, 0.5) is 17.6 Å². The summed E-state index contributed by atoms with van der Waals surface area (Å²) in [5.74, 6) is -0.472. The van der Waals surface area contributed by atoms with E-state index in [1.807, 2.05) is 30.3 Å². The number of carbonyl (C=O) groups excluding carboxylic acids is 1. The quantitative estimate of drug-likeness (QED) is 0.495. The summed E-state index contributed by atoms with van der Waals surface area (Å²) in [5.41, 5.74) is 1.27. The number of hydrogen-bond donors (Lipinski definition) is 0. The molecule has 0 N–H and O–H groups in total. The predicted octanol–water partition coefficient (Wildman–Crippen LogP) is 5.56. The molecule has 0 saturated carbocycles. The first-order valence-corrected chi connectivity index (χ1v) is 9.61. The first-order chi connectivity index (χ1) is 14.8. The van der Waals surface area contributed by atoms with Crippen molar-refractivity contribution in [3.8, 4) is 11.5 Å². The minimum absolute atomic E-state index is 0.0293. The monoisotopic (exact) mass is 433 g/mol. The van der Waals surface area contributed by atoms with Crippen LogP contribution >= 0.6 is 0 Å². The van der Waals surface area contributed by atoms with Crippen molar-refractivity contribution in [1.29, 1.82) is 0 Å². The molecule has 0 aliphatic carbocycles. The molecule has 1 fully saturated rings. The first-order valence-electron chi connectivity index (χ1n) is 9.61. The number of benzene rings is 3. The Morgan fingerprint density at radius 1 is 1.03 bits per heavy atom. The van der Waals surface area contributed by atoms with Gasteiger partial charge in [0.1, 0.15) is 11.5 Å². The number of halogens is 4. The summed E-state index contributed by atoms with van der Waals surface area (Å²) in [6.07, 6.45) is -6.48. The number of methoxy groups -OCH3 is 1. The number of fused-ring (bicyclic) bond motifs is 1. The summed E-state index contributed by atoms with van der Waals surface area (Å²) in [6, 6.07) is 15.9. The molecule has 3 aromatic rings. The highest BCUT2D eigenvalue weighted by Crippen LogP contribution is 2.43. The van der Waals surface area contributed by atoms with Gasteiger partial charge in [0.15, 0.2) is 6.17 Å². The summed E-state index contributed by atoms with van der Waals surface area (Å²) in [4.78, 5) is 14.0. The van der Waals surface area contributed by atoms with Gasteiger partial charge in [-0.2, -0.15) is 0 Å². The molecule has 1 aliphatic rings. The zero-order chi connectivity index (χ0) is 22.2. The van der Waals surface area contributed by atoms with Crippen molar-refractivity contribution in [3.63, 3.8) is 0 Å². The van der Waals surface area contributed by atoms with Crippen molar-refractivity contribution in [2.24, 2.45) is 0 Å². The second-order valence-electron chi connectivity index (χ2n) is 7.28. The highest BCUT2D eigenvalue weighted by Gasteiger charge is 2.42. The standard InChI is InChI=1S/C23H19F4NO3/c1-30-20-11-8-15-4-2-3-5-17(15)21(20)19-12-18(24)22(29)28(19)13-14-6-9-16(10-7-14)31-23(25,26)27/h2-11,18-19H,12-13H2,1H3. The van der Waals surface area contributed by atoms with E-state index >= 15 is 0 Å². The van der Waals surface area contributed by atoms with E-state index in [0.29, 0.717) is 16.9 Å². The van der Waals surface area contributed by atoms with Gasteiger partial charge < -0.3 is 14.4 Å². The average Bonchev–Trinajstić information content (AvgIpc) is 3.01. The second kappa shape index (κ2) is 8.09. The highest BCUT2D eigenvalue weighted by molar-refractivity contribution is 5.90. The van der Waals surface area contributed by atoms with E-state index in [9.17, 15) is 22.4 Å². The first kappa shape index (κ1) is 21.0. The molecule has 0 aromatic heterocycles. The van der Waals surface area contributed by atoms with E-state index in [2.05, 4.69) is 4.74 Å². The minimum Gasteiger partial charge on any atom is -0.496 e.